The van der Waals surface area contributed by atoms with Crippen molar-refractivity contribution in [1.29, 1.82) is 0 Å². The zero-order chi connectivity index (χ0) is 17.6. The van der Waals surface area contributed by atoms with E-state index in [0.717, 1.165) is 36.5 Å². The molecule has 2 atom stereocenters. The van der Waals surface area contributed by atoms with Crippen LogP contribution in [0, 0.1) is 0 Å². The summed E-state index contributed by atoms with van der Waals surface area (Å²) in [6.45, 7) is 10.0. The van der Waals surface area contributed by atoms with Crippen molar-refractivity contribution in [3.05, 3.63) is 71.9 Å². The van der Waals surface area contributed by atoms with Crippen molar-refractivity contribution in [2.75, 3.05) is 18.5 Å². The van der Waals surface area contributed by atoms with Gasteiger partial charge in [0.05, 0.1) is 5.69 Å². The first kappa shape index (κ1) is 17.6. The van der Waals surface area contributed by atoms with Gasteiger partial charge in [-0.3, -0.25) is 0 Å². The van der Waals surface area contributed by atoms with E-state index in [4.69, 9.17) is 4.74 Å². The van der Waals surface area contributed by atoms with Gasteiger partial charge in [-0.1, -0.05) is 49.9 Å². The highest BCUT2D eigenvalue weighted by atomic mass is 16.5. The molecule has 2 aromatic rings. The van der Waals surface area contributed by atoms with Gasteiger partial charge >= 0.3 is 0 Å². The second kappa shape index (κ2) is 8.21. The fourth-order valence-electron chi connectivity index (χ4n) is 3.11. The summed E-state index contributed by atoms with van der Waals surface area (Å²) in [6, 6.07) is 17.6. The van der Waals surface area contributed by atoms with Crippen LogP contribution in [0.5, 0.6) is 5.75 Å². The summed E-state index contributed by atoms with van der Waals surface area (Å²) in [5.41, 5.74) is 4.67. The van der Waals surface area contributed by atoms with E-state index in [1.165, 1.54) is 11.1 Å². The van der Waals surface area contributed by atoms with Crippen LogP contribution in [0.25, 0.3) is 0 Å². The summed E-state index contributed by atoms with van der Waals surface area (Å²) in [5, 5.41) is 6.98. The average Bonchev–Trinajstić information content (AvgIpc) is 2.64. The fourth-order valence-corrected chi connectivity index (χ4v) is 3.11. The monoisotopic (exact) mass is 336 g/mol. The lowest BCUT2D eigenvalue weighted by molar-refractivity contribution is 0.346. The van der Waals surface area contributed by atoms with Gasteiger partial charge in [0.25, 0.3) is 0 Å². The van der Waals surface area contributed by atoms with Crippen LogP contribution in [0.1, 0.15) is 37.3 Å². The van der Waals surface area contributed by atoms with Gasteiger partial charge in [0.1, 0.15) is 12.4 Å². The van der Waals surface area contributed by atoms with Crippen LogP contribution in [0.2, 0.25) is 0 Å². The van der Waals surface area contributed by atoms with Crippen LogP contribution in [-0.2, 0) is 6.42 Å². The highest BCUT2D eigenvalue weighted by Crippen LogP contribution is 2.30. The molecule has 0 fully saturated rings. The molecule has 0 saturated heterocycles. The second-order valence-corrected chi connectivity index (χ2v) is 7.01. The molecule has 1 aliphatic heterocycles. The molecule has 0 saturated carbocycles. The van der Waals surface area contributed by atoms with Crippen LogP contribution < -0.4 is 15.4 Å². The van der Waals surface area contributed by atoms with E-state index in [9.17, 15) is 0 Å². The van der Waals surface area contributed by atoms with Gasteiger partial charge in [-0.2, -0.15) is 0 Å². The Labute approximate surface area is 151 Å². The number of nitrogens with one attached hydrogen (secondary N) is 2. The Morgan fingerprint density at radius 3 is 2.76 bits per heavy atom. The van der Waals surface area contributed by atoms with E-state index < -0.39 is 0 Å². The van der Waals surface area contributed by atoms with Crippen LogP contribution in [-0.4, -0.2) is 19.2 Å². The van der Waals surface area contributed by atoms with Crippen molar-refractivity contribution in [3.8, 4) is 5.75 Å². The predicted octanol–water partition coefficient (Wildman–Crippen LogP) is 4.72. The van der Waals surface area contributed by atoms with Crippen molar-refractivity contribution in [3.63, 3.8) is 0 Å². The van der Waals surface area contributed by atoms with Crippen molar-refractivity contribution < 1.29 is 4.74 Å². The summed E-state index contributed by atoms with van der Waals surface area (Å²) in [5.74, 6) is 1.44. The van der Waals surface area contributed by atoms with E-state index in [1.54, 1.807) is 0 Å². The first-order valence-corrected chi connectivity index (χ1v) is 9.10. The molecule has 0 aliphatic carbocycles. The number of aryl methyl sites for hydroxylation is 1. The number of ether oxygens (including phenoxy) is 1. The number of anilines is 1. The third kappa shape index (κ3) is 4.86. The Balaban J connectivity index is 1.47. The minimum atomic E-state index is 0.487. The molecule has 0 amide bonds. The molecule has 1 heterocycles. The van der Waals surface area contributed by atoms with E-state index in [0.29, 0.717) is 18.6 Å². The topological polar surface area (TPSA) is 33.3 Å². The SMILES string of the molecule is C=C1COc2ccc(CCC(C)NCC(C)c3ccccc3)cc2N1. The molecule has 0 aromatic heterocycles. The average molecular weight is 336 g/mol. The van der Waals surface area contributed by atoms with Crippen molar-refractivity contribution in [1.82, 2.24) is 5.32 Å². The van der Waals surface area contributed by atoms with Gasteiger partial charge in [-0.15, -0.1) is 0 Å². The summed E-state index contributed by atoms with van der Waals surface area (Å²) < 4.78 is 5.65. The van der Waals surface area contributed by atoms with Gasteiger partial charge in [0, 0.05) is 18.3 Å². The summed E-state index contributed by atoms with van der Waals surface area (Å²) in [7, 11) is 0. The molecular formula is C22H28N2O. The third-order valence-electron chi connectivity index (χ3n) is 4.76. The minimum absolute atomic E-state index is 0.487. The number of rotatable bonds is 7. The van der Waals surface area contributed by atoms with Gasteiger partial charge in [-0.25, -0.2) is 0 Å². The summed E-state index contributed by atoms with van der Waals surface area (Å²) in [4.78, 5) is 0. The van der Waals surface area contributed by atoms with E-state index in [2.05, 4.69) is 79.6 Å². The first-order valence-electron chi connectivity index (χ1n) is 9.10. The van der Waals surface area contributed by atoms with Gasteiger partial charge in [-0.05, 0) is 48.9 Å². The Morgan fingerprint density at radius 2 is 1.96 bits per heavy atom. The Bertz CT molecular complexity index is 711. The minimum Gasteiger partial charge on any atom is -0.485 e. The lowest BCUT2D eigenvalue weighted by atomic mass is 10.00. The highest BCUT2D eigenvalue weighted by molar-refractivity contribution is 5.62. The maximum atomic E-state index is 5.65. The zero-order valence-electron chi connectivity index (χ0n) is 15.2. The Kier molecular flexibility index (Phi) is 5.77. The lowest BCUT2D eigenvalue weighted by Gasteiger charge is -2.22. The molecule has 25 heavy (non-hydrogen) atoms. The summed E-state index contributed by atoms with van der Waals surface area (Å²) >= 11 is 0. The molecule has 0 radical (unpaired) electrons. The third-order valence-corrected chi connectivity index (χ3v) is 4.76. The molecule has 2 aromatic carbocycles. The number of benzene rings is 2. The summed E-state index contributed by atoms with van der Waals surface area (Å²) in [6.07, 6.45) is 2.16. The largest absolute Gasteiger partial charge is 0.485 e. The van der Waals surface area contributed by atoms with E-state index in [1.807, 2.05) is 0 Å². The molecule has 3 heteroatoms. The maximum absolute atomic E-state index is 5.65. The molecular weight excluding hydrogens is 308 g/mol. The number of fused-ring (bicyclic) bond motifs is 1. The fraction of sp³-hybridized carbons (Fsp3) is 0.364. The second-order valence-electron chi connectivity index (χ2n) is 7.01. The molecule has 132 valence electrons. The van der Waals surface area contributed by atoms with Gasteiger partial charge in [0.2, 0.25) is 0 Å². The number of hydrogen-bond acceptors (Lipinski definition) is 3. The number of hydrogen-bond donors (Lipinski definition) is 2. The molecule has 3 nitrogen and oxygen atoms in total. The Morgan fingerprint density at radius 1 is 1.16 bits per heavy atom. The predicted molar refractivity (Wildman–Crippen MR) is 105 cm³/mol. The lowest BCUT2D eigenvalue weighted by Crippen LogP contribution is -2.30. The van der Waals surface area contributed by atoms with Crippen molar-refractivity contribution >= 4 is 5.69 Å². The van der Waals surface area contributed by atoms with Crippen LogP contribution >= 0.6 is 0 Å². The standard InChI is InChI=1S/C22H28N2O/c1-16(20-7-5-4-6-8-20)14-23-17(2)9-10-19-11-12-22-21(13-19)24-18(3)15-25-22/h4-8,11-13,16-17,23-24H,3,9-10,14-15H2,1-2H3. The zero-order valence-corrected chi connectivity index (χ0v) is 15.2. The maximum Gasteiger partial charge on any atom is 0.143 e. The molecule has 2 N–H and O–H groups in total. The smallest absolute Gasteiger partial charge is 0.143 e. The van der Waals surface area contributed by atoms with Crippen molar-refractivity contribution in [2.45, 2.75) is 38.6 Å². The van der Waals surface area contributed by atoms with Gasteiger partial charge < -0.3 is 15.4 Å². The highest BCUT2D eigenvalue weighted by Gasteiger charge is 2.13. The normalized spacial score (nSPS) is 15.7. The quantitative estimate of drug-likeness (QED) is 0.767. The molecule has 2 unspecified atom stereocenters. The first-order chi connectivity index (χ1) is 12.1. The van der Waals surface area contributed by atoms with Crippen LogP contribution in [0.3, 0.4) is 0 Å². The molecule has 0 spiro atoms. The van der Waals surface area contributed by atoms with E-state index >= 15 is 0 Å². The Hall–Kier alpha value is -2.26. The molecule has 0 bridgehead atoms. The van der Waals surface area contributed by atoms with Crippen molar-refractivity contribution in [2.24, 2.45) is 0 Å². The van der Waals surface area contributed by atoms with E-state index in [-0.39, 0.29) is 0 Å². The molecule has 1 aliphatic rings. The molecule has 3 rings (SSSR count). The van der Waals surface area contributed by atoms with Gasteiger partial charge in [0.15, 0.2) is 0 Å². The van der Waals surface area contributed by atoms with Crippen LogP contribution in [0.15, 0.2) is 60.8 Å². The van der Waals surface area contributed by atoms with Crippen LogP contribution in [0.4, 0.5) is 5.69 Å².